The molecule has 0 fully saturated rings. The highest BCUT2D eigenvalue weighted by atomic mass is 79.9. The number of hydrogen-bond donors (Lipinski definition) is 0. The lowest BCUT2D eigenvalue weighted by Crippen LogP contribution is -1.71. The summed E-state index contributed by atoms with van der Waals surface area (Å²) in [5, 5.41) is 3.34. The summed E-state index contributed by atoms with van der Waals surface area (Å²) in [7, 11) is 0. The van der Waals surface area contributed by atoms with Gasteiger partial charge in [0.1, 0.15) is 0 Å². The number of allylic oxidation sites excluding steroid dienone is 1. The molecule has 0 aliphatic rings. The predicted molar refractivity (Wildman–Crippen MR) is 65.7 cm³/mol. The van der Waals surface area contributed by atoms with Gasteiger partial charge in [0.15, 0.2) is 0 Å². The average molecular weight is 250 g/mol. The van der Waals surface area contributed by atoms with Crippen LogP contribution in [0.5, 0.6) is 0 Å². The van der Waals surface area contributed by atoms with Gasteiger partial charge in [0.25, 0.3) is 0 Å². The van der Waals surface area contributed by atoms with Crippen LogP contribution in [0.25, 0.3) is 10.8 Å². The van der Waals surface area contributed by atoms with Gasteiger partial charge in [-0.3, -0.25) is 4.98 Å². The fraction of sp³-hybridized carbons (Fsp3) is 0.0833. The van der Waals surface area contributed by atoms with Gasteiger partial charge < -0.3 is 0 Å². The highest BCUT2D eigenvalue weighted by Crippen LogP contribution is 2.09. The second-order valence-electron chi connectivity index (χ2n) is 2.67. The molecule has 0 amide bonds. The van der Waals surface area contributed by atoms with E-state index in [9.17, 15) is 0 Å². The smallest absolute Gasteiger partial charge is 0.0346 e. The zero-order valence-electron chi connectivity index (χ0n) is 7.86. The van der Waals surface area contributed by atoms with Crippen LogP contribution in [-0.2, 0) is 0 Å². The molecule has 1 heterocycles. The maximum Gasteiger partial charge on any atom is 0.0346 e. The minimum absolute atomic E-state index is 0.896. The van der Waals surface area contributed by atoms with Gasteiger partial charge in [-0.05, 0) is 16.8 Å². The minimum atomic E-state index is 0.896. The van der Waals surface area contributed by atoms with Crippen molar-refractivity contribution < 1.29 is 0 Å². The number of pyridine rings is 1. The van der Waals surface area contributed by atoms with Crippen LogP contribution >= 0.6 is 15.9 Å². The molecule has 0 saturated heterocycles. The highest BCUT2D eigenvalue weighted by Gasteiger charge is 1.86. The van der Waals surface area contributed by atoms with Crippen molar-refractivity contribution in [3.63, 3.8) is 0 Å². The van der Waals surface area contributed by atoms with E-state index in [0.717, 1.165) is 5.33 Å². The summed E-state index contributed by atoms with van der Waals surface area (Å²) in [4.78, 5) is 4.01. The zero-order valence-corrected chi connectivity index (χ0v) is 9.44. The molecule has 0 aliphatic carbocycles. The third-order valence-corrected chi connectivity index (χ3v) is 2.12. The number of benzene rings is 1. The molecular formula is C12H12BrN. The van der Waals surface area contributed by atoms with E-state index >= 15 is 0 Å². The topological polar surface area (TPSA) is 12.9 Å². The number of fused-ring (bicyclic) bond motifs is 1. The maximum absolute atomic E-state index is 4.01. The molecular weight excluding hydrogens is 238 g/mol. The summed E-state index contributed by atoms with van der Waals surface area (Å²) in [6.07, 6.45) is 5.47. The number of aromatic nitrogens is 1. The third kappa shape index (κ3) is 3.30. The lowest BCUT2D eigenvalue weighted by molar-refractivity contribution is 1.36. The molecule has 1 nitrogen and oxygen atoms in total. The first-order chi connectivity index (χ1) is 6.88. The fourth-order valence-electron chi connectivity index (χ4n) is 1.03. The van der Waals surface area contributed by atoms with Crippen molar-refractivity contribution in [1.82, 2.24) is 4.98 Å². The fourth-order valence-corrected chi connectivity index (χ4v) is 1.03. The molecule has 2 aromatic rings. The molecule has 1 aromatic heterocycles. The van der Waals surface area contributed by atoms with Crippen LogP contribution < -0.4 is 0 Å². The van der Waals surface area contributed by atoms with Crippen molar-refractivity contribution in [2.24, 2.45) is 0 Å². The Hall–Kier alpha value is -1.15. The third-order valence-electron chi connectivity index (χ3n) is 1.66. The summed E-state index contributed by atoms with van der Waals surface area (Å²) in [6, 6.07) is 10.2. The summed E-state index contributed by atoms with van der Waals surface area (Å²) in [6.45, 7) is 3.43. The number of hydrogen-bond acceptors (Lipinski definition) is 1. The largest absolute Gasteiger partial charge is 0.264 e. The maximum atomic E-state index is 4.01. The van der Waals surface area contributed by atoms with Gasteiger partial charge in [-0.1, -0.05) is 46.3 Å². The number of rotatable bonds is 1. The summed E-state index contributed by atoms with van der Waals surface area (Å²) >= 11 is 3.13. The summed E-state index contributed by atoms with van der Waals surface area (Å²) in [5.41, 5.74) is 0. The first-order valence-electron chi connectivity index (χ1n) is 4.34. The lowest BCUT2D eigenvalue weighted by Gasteiger charge is -1.91. The Labute approximate surface area is 92.6 Å². The van der Waals surface area contributed by atoms with Crippen molar-refractivity contribution in [2.75, 3.05) is 5.33 Å². The Balaban J connectivity index is 0.000000213. The molecule has 0 saturated carbocycles. The Bertz CT molecular complexity index is 333. The Morgan fingerprint density at radius 3 is 2.43 bits per heavy atom. The van der Waals surface area contributed by atoms with Gasteiger partial charge >= 0.3 is 0 Å². The number of nitrogens with zero attached hydrogens (tertiary/aromatic N) is 1. The van der Waals surface area contributed by atoms with E-state index in [-0.39, 0.29) is 0 Å². The van der Waals surface area contributed by atoms with Crippen molar-refractivity contribution in [3.8, 4) is 0 Å². The van der Waals surface area contributed by atoms with E-state index in [1.165, 1.54) is 10.8 Å². The van der Waals surface area contributed by atoms with Crippen LogP contribution in [0.15, 0.2) is 55.4 Å². The van der Waals surface area contributed by atoms with Crippen LogP contribution in [-0.4, -0.2) is 10.3 Å². The van der Waals surface area contributed by atoms with Crippen molar-refractivity contribution in [1.29, 1.82) is 0 Å². The normalized spacial score (nSPS) is 8.93. The first kappa shape index (κ1) is 10.9. The second kappa shape index (κ2) is 6.33. The predicted octanol–water partition coefficient (Wildman–Crippen LogP) is 3.80. The Kier molecular flexibility index (Phi) is 4.94. The van der Waals surface area contributed by atoms with Crippen molar-refractivity contribution in [3.05, 3.63) is 55.4 Å². The Morgan fingerprint density at radius 1 is 1.21 bits per heavy atom. The van der Waals surface area contributed by atoms with E-state index in [1.807, 2.05) is 30.6 Å². The molecule has 0 bridgehead atoms. The van der Waals surface area contributed by atoms with E-state index < -0.39 is 0 Å². The van der Waals surface area contributed by atoms with Gasteiger partial charge in [-0.2, -0.15) is 0 Å². The van der Waals surface area contributed by atoms with E-state index in [4.69, 9.17) is 0 Å². The van der Waals surface area contributed by atoms with Gasteiger partial charge in [0, 0.05) is 17.7 Å². The quantitative estimate of drug-likeness (QED) is 0.554. The molecule has 0 aliphatic heterocycles. The Morgan fingerprint density at radius 2 is 1.86 bits per heavy atom. The van der Waals surface area contributed by atoms with Gasteiger partial charge in [0.05, 0.1) is 0 Å². The molecule has 14 heavy (non-hydrogen) atoms. The van der Waals surface area contributed by atoms with Crippen molar-refractivity contribution in [2.45, 2.75) is 0 Å². The van der Waals surface area contributed by atoms with Gasteiger partial charge in [0.2, 0.25) is 0 Å². The molecule has 72 valence electrons. The van der Waals surface area contributed by atoms with Crippen LogP contribution in [0.2, 0.25) is 0 Å². The average Bonchev–Trinajstić information content (AvgIpc) is 2.30. The van der Waals surface area contributed by atoms with Crippen molar-refractivity contribution >= 4 is 26.7 Å². The molecule has 0 atom stereocenters. The lowest BCUT2D eigenvalue weighted by atomic mass is 10.2. The number of halogens is 1. The molecule has 2 heteroatoms. The van der Waals surface area contributed by atoms with E-state index in [0.29, 0.717) is 0 Å². The molecule has 0 N–H and O–H groups in total. The second-order valence-corrected chi connectivity index (χ2v) is 3.31. The molecule has 0 radical (unpaired) electrons. The van der Waals surface area contributed by atoms with Gasteiger partial charge in [-0.25, -0.2) is 0 Å². The zero-order chi connectivity index (χ0) is 10.2. The van der Waals surface area contributed by atoms with E-state index in [1.54, 1.807) is 6.08 Å². The first-order valence-corrected chi connectivity index (χ1v) is 5.46. The summed E-state index contributed by atoms with van der Waals surface area (Å²) in [5.74, 6) is 0. The summed E-state index contributed by atoms with van der Waals surface area (Å²) < 4.78 is 0. The number of alkyl halides is 1. The molecule has 1 aromatic carbocycles. The monoisotopic (exact) mass is 249 g/mol. The van der Waals surface area contributed by atoms with Gasteiger partial charge in [-0.15, -0.1) is 6.58 Å². The van der Waals surface area contributed by atoms with Crippen LogP contribution in [0.3, 0.4) is 0 Å². The van der Waals surface area contributed by atoms with Crippen LogP contribution in [0, 0.1) is 0 Å². The standard InChI is InChI=1S/C9H7N.C3H5Br/c1-2-4-9-7-10-6-5-8(9)3-1;1-2-3-4/h1-7H;2H,1,3H2. The molecule has 0 unspecified atom stereocenters. The highest BCUT2D eigenvalue weighted by molar-refractivity contribution is 9.09. The molecule has 0 spiro atoms. The minimum Gasteiger partial charge on any atom is -0.264 e. The van der Waals surface area contributed by atoms with Crippen LogP contribution in [0.1, 0.15) is 0 Å². The molecule has 2 rings (SSSR count). The van der Waals surface area contributed by atoms with Crippen LogP contribution in [0.4, 0.5) is 0 Å². The van der Waals surface area contributed by atoms with E-state index in [2.05, 4.69) is 39.6 Å². The SMILES string of the molecule is C=CCBr.c1ccc2cnccc2c1.